The number of sulfonamides is 1. The standard InChI is InChI=1S/C20H30N2O3S/c1-15(2)21(3)26(24,25)18-12-10-17(11-13-18)20(23)22-14-6-8-16-7-4-5-9-19(16)22/h10-13,15-16,19H,4-9,14H2,1-3H3. The average molecular weight is 379 g/mol. The van der Waals surface area contributed by atoms with Crippen LogP contribution in [-0.2, 0) is 10.0 Å². The molecule has 1 aromatic rings. The smallest absolute Gasteiger partial charge is 0.254 e. The van der Waals surface area contributed by atoms with Crippen molar-refractivity contribution in [2.45, 2.75) is 69.4 Å². The minimum Gasteiger partial charge on any atom is -0.335 e. The van der Waals surface area contributed by atoms with Crippen LogP contribution in [0.25, 0.3) is 0 Å². The molecule has 0 radical (unpaired) electrons. The number of hydrogen-bond donors (Lipinski definition) is 0. The summed E-state index contributed by atoms with van der Waals surface area (Å²) in [5.41, 5.74) is 0.586. The number of carbonyl (C=O) groups is 1. The van der Waals surface area contributed by atoms with Crippen LogP contribution in [0.4, 0.5) is 0 Å². The maximum atomic E-state index is 13.0. The summed E-state index contributed by atoms with van der Waals surface area (Å²) in [7, 11) is -1.94. The van der Waals surface area contributed by atoms with E-state index in [9.17, 15) is 13.2 Å². The highest BCUT2D eigenvalue weighted by Crippen LogP contribution is 2.36. The molecule has 0 spiro atoms. The molecule has 0 bridgehead atoms. The fraction of sp³-hybridized carbons (Fsp3) is 0.650. The van der Waals surface area contributed by atoms with Gasteiger partial charge in [0.25, 0.3) is 5.91 Å². The van der Waals surface area contributed by atoms with E-state index in [0.717, 1.165) is 19.4 Å². The molecule has 1 heterocycles. The molecule has 26 heavy (non-hydrogen) atoms. The van der Waals surface area contributed by atoms with E-state index in [-0.39, 0.29) is 16.8 Å². The molecule has 1 amide bonds. The fourth-order valence-corrected chi connectivity index (χ4v) is 5.62. The molecule has 0 aromatic heterocycles. The van der Waals surface area contributed by atoms with Gasteiger partial charge >= 0.3 is 0 Å². The van der Waals surface area contributed by atoms with Crippen molar-refractivity contribution in [1.29, 1.82) is 0 Å². The largest absolute Gasteiger partial charge is 0.335 e. The van der Waals surface area contributed by atoms with E-state index in [0.29, 0.717) is 17.5 Å². The first kappa shape index (κ1) is 19.4. The Labute approximate surface area is 157 Å². The minimum atomic E-state index is -3.52. The van der Waals surface area contributed by atoms with Crippen LogP contribution in [0.1, 0.15) is 62.7 Å². The van der Waals surface area contributed by atoms with Crippen LogP contribution in [0.15, 0.2) is 29.2 Å². The summed E-state index contributed by atoms with van der Waals surface area (Å²) in [5.74, 6) is 0.684. The highest BCUT2D eigenvalue weighted by Gasteiger charge is 2.36. The molecule has 1 aromatic carbocycles. The van der Waals surface area contributed by atoms with Gasteiger partial charge in [0.05, 0.1) is 4.90 Å². The second-order valence-electron chi connectivity index (χ2n) is 7.89. The van der Waals surface area contributed by atoms with Gasteiger partial charge in [-0.3, -0.25) is 4.79 Å². The van der Waals surface area contributed by atoms with Crippen molar-refractivity contribution < 1.29 is 13.2 Å². The zero-order valence-electron chi connectivity index (χ0n) is 16.0. The molecule has 2 aliphatic rings. The van der Waals surface area contributed by atoms with Gasteiger partial charge in [0, 0.05) is 31.2 Å². The summed E-state index contributed by atoms with van der Waals surface area (Å²) in [6, 6.07) is 6.69. The quantitative estimate of drug-likeness (QED) is 0.806. The topological polar surface area (TPSA) is 57.7 Å². The van der Waals surface area contributed by atoms with E-state index in [1.54, 1.807) is 31.3 Å². The van der Waals surface area contributed by atoms with E-state index < -0.39 is 10.0 Å². The van der Waals surface area contributed by atoms with E-state index in [1.807, 2.05) is 18.7 Å². The van der Waals surface area contributed by atoms with Gasteiger partial charge in [0.2, 0.25) is 10.0 Å². The first-order chi connectivity index (χ1) is 12.3. The molecular weight excluding hydrogens is 348 g/mol. The Morgan fingerprint density at radius 3 is 2.35 bits per heavy atom. The lowest BCUT2D eigenvalue weighted by Crippen LogP contribution is -2.49. The molecule has 1 saturated heterocycles. The molecule has 3 rings (SSSR count). The first-order valence-electron chi connectivity index (χ1n) is 9.71. The van der Waals surface area contributed by atoms with Gasteiger partial charge < -0.3 is 4.90 Å². The molecule has 2 fully saturated rings. The van der Waals surface area contributed by atoms with Crippen LogP contribution in [0.5, 0.6) is 0 Å². The number of carbonyl (C=O) groups excluding carboxylic acids is 1. The van der Waals surface area contributed by atoms with Crippen molar-refractivity contribution in [3.63, 3.8) is 0 Å². The number of amides is 1. The maximum Gasteiger partial charge on any atom is 0.254 e. The highest BCUT2D eigenvalue weighted by molar-refractivity contribution is 7.89. The lowest BCUT2D eigenvalue weighted by atomic mass is 9.78. The Bertz CT molecular complexity index is 741. The third-order valence-electron chi connectivity index (χ3n) is 6.01. The van der Waals surface area contributed by atoms with Crippen molar-refractivity contribution in [3.8, 4) is 0 Å². The van der Waals surface area contributed by atoms with Gasteiger partial charge in [0.1, 0.15) is 0 Å². The number of nitrogens with zero attached hydrogens (tertiary/aromatic N) is 2. The fourth-order valence-electron chi connectivity index (χ4n) is 4.26. The lowest BCUT2D eigenvalue weighted by molar-refractivity contribution is 0.0390. The van der Waals surface area contributed by atoms with Crippen LogP contribution in [0, 0.1) is 5.92 Å². The van der Waals surface area contributed by atoms with Crippen molar-refractivity contribution in [2.24, 2.45) is 5.92 Å². The predicted octanol–water partition coefficient (Wildman–Crippen LogP) is 3.51. The van der Waals surface area contributed by atoms with Crippen molar-refractivity contribution in [2.75, 3.05) is 13.6 Å². The van der Waals surface area contributed by atoms with Crippen molar-refractivity contribution >= 4 is 15.9 Å². The first-order valence-corrected chi connectivity index (χ1v) is 11.2. The zero-order valence-corrected chi connectivity index (χ0v) is 16.8. The van der Waals surface area contributed by atoms with Crippen LogP contribution in [0.3, 0.4) is 0 Å². The van der Waals surface area contributed by atoms with Crippen LogP contribution >= 0.6 is 0 Å². The zero-order chi connectivity index (χ0) is 18.9. The van der Waals surface area contributed by atoms with Gasteiger partial charge in [-0.2, -0.15) is 4.31 Å². The second kappa shape index (κ2) is 7.69. The molecule has 144 valence electrons. The van der Waals surface area contributed by atoms with Gasteiger partial charge in [-0.25, -0.2) is 8.42 Å². The molecule has 1 aliphatic heterocycles. The monoisotopic (exact) mass is 378 g/mol. The molecule has 6 heteroatoms. The van der Waals surface area contributed by atoms with Crippen molar-refractivity contribution in [1.82, 2.24) is 9.21 Å². The Balaban J connectivity index is 1.79. The van der Waals surface area contributed by atoms with Crippen LogP contribution in [-0.4, -0.2) is 49.2 Å². The van der Waals surface area contributed by atoms with Crippen molar-refractivity contribution in [3.05, 3.63) is 29.8 Å². The Morgan fingerprint density at radius 1 is 1.08 bits per heavy atom. The average Bonchev–Trinajstić information content (AvgIpc) is 2.66. The number of benzene rings is 1. The summed E-state index contributed by atoms with van der Waals surface area (Å²) in [5, 5.41) is 0. The summed E-state index contributed by atoms with van der Waals surface area (Å²) >= 11 is 0. The highest BCUT2D eigenvalue weighted by atomic mass is 32.2. The Kier molecular flexibility index (Phi) is 5.72. The van der Waals surface area contributed by atoms with E-state index in [4.69, 9.17) is 0 Å². The molecule has 2 atom stereocenters. The Hall–Kier alpha value is -1.40. The summed E-state index contributed by atoms with van der Waals surface area (Å²) in [6.07, 6.45) is 7.10. The number of rotatable bonds is 4. The van der Waals surface area contributed by atoms with Gasteiger partial charge in [0.15, 0.2) is 0 Å². The number of hydrogen-bond acceptors (Lipinski definition) is 3. The molecule has 2 unspecified atom stereocenters. The molecule has 5 nitrogen and oxygen atoms in total. The van der Waals surface area contributed by atoms with Crippen LogP contribution in [0.2, 0.25) is 0 Å². The molecule has 1 saturated carbocycles. The third kappa shape index (κ3) is 3.67. The number of likely N-dealkylation sites (tertiary alicyclic amines) is 1. The Morgan fingerprint density at radius 2 is 1.69 bits per heavy atom. The maximum absolute atomic E-state index is 13.0. The summed E-state index contributed by atoms with van der Waals surface area (Å²) in [4.78, 5) is 15.3. The summed E-state index contributed by atoms with van der Waals surface area (Å²) in [6.45, 7) is 4.49. The molecule has 1 aliphatic carbocycles. The van der Waals surface area contributed by atoms with Gasteiger partial charge in [-0.15, -0.1) is 0 Å². The number of fused-ring (bicyclic) bond motifs is 1. The van der Waals surface area contributed by atoms with E-state index >= 15 is 0 Å². The third-order valence-corrected chi connectivity index (χ3v) is 8.06. The van der Waals surface area contributed by atoms with Gasteiger partial charge in [-0.1, -0.05) is 12.8 Å². The summed E-state index contributed by atoms with van der Waals surface area (Å²) < 4.78 is 26.5. The predicted molar refractivity (Wildman–Crippen MR) is 103 cm³/mol. The molecular formula is C20H30N2O3S. The van der Waals surface area contributed by atoms with E-state index in [2.05, 4.69) is 0 Å². The second-order valence-corrected chi connectivity index (χ2v) is 9.89. The van der Waals surface area contributed by atoms with E-state index in [1.165, 1.54) is 30.0 Å². The minimum absolute atomic E-state index is 0.0442. The lowest BCUT2D eigenvalue weighted by Gasteiger charge is -2.44. The van der Waals surface area contributed by atoms with Gasteiger partial charge in [-0.05, 0) is 69.7 Å². The molecule has 0 N–H and O–H groups in total. The van der Waals surface area contributed by atoms with Crippen LogP contribution < -0.4 is 0 Å². The SMILES string of the molecule is CC(C)N(C)S(=O)(=O)c1ccc(C(=O)N2CCCC3CCCCC32)cc1. The number of piperidine rings is 1. The normalized spacial score (nSPS) is 24.0.